The van der Waals surface area contributed by atoms with Gasteiger partial charge in [-0.1, -0.05) is 6.92 Å². The predicted octanol–water partition coefficient (Wildman–Crippen LogP) is 2.74. The lowest BCUT2D eigenvalue weighted by Gasteiger charge is -2.35. The highest BCUT2D eigenvalue weighted by Gasteiger charge is 2.24. The smallest absolute Gasteiger partial charge is 0.254 e. The third-order valence-electron chi connectivity index (χ3n) is 5.40. The molecule has 138 valence electrons. The van der Waals surface area contributed by atoms with E-state index in [1.165, 1.54) is 12.8 Å². The molecule has 2 fully saturated rings. The number of carbonyl (C=O) groups excluding carboxylic acids is 1. The molecule has 0 radical (unpaired) electrons. The van der Waals surface area contributed by atoms with Crippen LogP contribution in [0, 0.1) is 5.92 Å². The van der Waals surface area contributed by atoms with Crippen LogP contribution in [-0.4, -0.2) is 60.3 Å². The zero-order valence-corrected chi connectivity index (χ0v) is 16.0. The quantitative estimate of drug-likeness (QED) is 0.830. The van der Waals surface area contributed by atoms with Gasteiger partial charge < -0.3 is 14.7 Å². The lowest BCUT2D eigenvalue weighted by atomic mass is 9.99. The average molecular weight is 372 g/mol. The molecule has 0 atom stereocenters. The van der Waals surface area contributed by atoms with E-state index in [0.717, 1.165) is 62.4 Å². The second-order valence-electron chi connectivity index (χ2n) is 7.21. The predicted molar refractivity (Wildman–Crippen MR) is 105 cm³/mol. The Balaban J connectivity index is 1.34. The van der Waals surface area contributed by atoms with Crippen molar-refractivity contribution >= 4 is 28.9 Å². The topological polar surface area (TPSA) is 52.6 Å². The molecule has 4 rings (SSSR count). The fourth-order valence-corrected chi connectivity index (χ4v) is 4.23. The standard InChI is InChI=1S/C19H25N5OS/c1-15-4-7-22(8-5-15)17-2-3-18(21-20-17)23-9-11-24(12-10-23)19(25)16-6-13-26-14-16/h2-3,6,13-15H,4-5,7-12H2,1H3. The number of anilines is 2. The normalized spacial score (nSPS) is 19.0. The van der Waals surface area contributed by atoms with Crippen LogP contribution in [0.15, 0.2) is 29.0 Å². The van der Waals surface area contributed by atoms with Crippen molar-refractivity contribution in [1.29, 1.82) is 0 Å². The molecule has 7 heteroatoms. The van der Waals surface area contributed by atoms with E-state index in [0.29, 0.717) is 0 Å². The van der Waals surface area contributed by atoms with E-state index in [1.807, 2.05) is 21.7 Å². The van der Waals surface area contributed by atoms with Gasteiger partial charge in [0.2, 0.25) is 0 Å². The van der Waals surface area contributed by atoms with Crippen molar-refractivity contribution in [1.82, 2.24) is 15.1 Å². The molecule has 2 aliphatic rings. The van der Waals surface area contributed by atoms with Crippen LogP contribution in [0.2, 0.25) is 0 Å². The molecule has 0 saturated carbocycles. The maximum atomic E-state index is 12.4. The van der Waals surface area contributed by atoms with Crippen molar-refractivity contribution in [2.24, 2.45) is 5.92 Å². The van der Waals surface area contributed by atoms with E-state index >= 15 is 0 Å². The molecule has 0 N–H and O–H groups in total. The lowest BCUT2D eigenvalue weighted by molar-refractivity contribution is 0.0747. The van der Waals surface area contributed by atoms with Gasteiger partial charge in [-0.15, -0.1) is 10.2 Å². The first-order valence-electron chi connectivity index (χ1n) is 9.36. The number of piperidine rings is 1. The summed E-state index contributed by atoms with van der Waals surface area (Å²) >= 11 is 1.56. The van der Waals surface area contributed by atoms with Crippen LogP contribution in [0.5, 0.6) is 0 Å². The molecular weight excluding hydrogens is 346 g/mol. The highest BCUT2D eigenvalue weighted by atomic mass is 32.1. The minimum absolute atomic E-state index is 0.131. The van der Waals surface area contributed by atoms with Crippen LogP contribution in [0.4, 0.5) is 11.6 Å². The Labute approximate surface area is 158 Å². The summed E-state index contributed by atoms with van der Waals surface area (Å²) in [5.41, 5.74) is 0.795. The van der Waals surface area contributed by atoms with Gasteiger partial charge in [-0.05, 0) is 42.3 Å². The van der Waals surface area contributed by atoms with E-state index in [2.05, 4.69) is 39.1 Å². The Hall–Kier alpha value is -2.15. The minimum atomic E-state index is 0.131. The van der Waals surface area contributed by atoms with Gasteiger partial charge in [-0.3, -0.25) is 4.79 Å². The van der Waals surface area contributed by atoms with Crippen LogP contribution in [-0.2, 0) is 0 Å². The molecule has 2 aromatic rings. The van der Waals surface area contributed by atoms with Crippen molar-refractivity contribution in [3.63, 3.8) is 0 Å². The average Bonchev–Trinajstić information content (AvgIpc) is 3.23. The Bertz CT molecular complexity index is 717. The Morgan fingerprint density at radius 3 is 2.12 bits per heavy atom. The van der Waals surface area contributed by atoms with E-state index in [1.54, 1.807) is 11.3 Å². The number of amides is 1. The van der Waals surface area contributed by atoms with Gasteiger partial charge in [0.05, 0.1) is 5.56 Å². The summed E-state index contributed by atoms with van der Waals surface area (Å²) in [4.78, 5) is 18.9. The fraction of sp³-hybridized carbons (Fsp3) is 0.526. The summed E-state index contributed by atoms with van der Waals surface area (Å²) in [5, 5.41) is 12.8. The largest absolute Gasteiger partial charge is 0.355 e. The molecule has 2 saturated heterocycles. The maximum absolute atomic E-state index is 12.4. The molecule has 26 heavy (non-hydrogen) atoms. The van der Waals surface area contributed by atoms with Crippen molar-refractivity contribution < 1.29 is 4.79 Å². The third kappa shape index (κ3) is 3.67. The molecule has 0 aliphatic carbocycles. The summed E-state index contributed by atoms with van der Waals surface area (Å²) in [6.07, 6.45) is 2.45. The molecule has 0 bridgehead atoms. The van der Waals surface area contributed by atoms with Crippen molar-refractivity contribution in [3.8, 4) is 0 Å². The van der Waals surface area contributed by atoms with Gasteiger partial charge in [0, 0.05) is 44.6 Å². The van der Waals surface area contributed by atoms with E-state index in [-0.39, 0.29) is 5.91 Å². The summed E-state index contributed by atoms with van der Waals surface area (Å²) < 4.78 is 0. The third-order valence-corrected chi connectivity index (χ3v) is 6.09. The first-order chi connectivity index (χ1) is 12.7. The van der Waals surface area contributed by atoms with E-state index < -0.39 is 0 Å². The molecule has 2 aliphatic heterocycles. The number of rotatable bonds is 3. The monoisotopic (exact) mass is 371 g/mol. The van der Waals surface area contributed by atoms with Crippen LogP contribution < -0.4 is 9.80 Å². The Morgan fingerprint density at radius 2 is 1.58 bits per heavy atom. The number of aromatic nitrogens is 2. The second kappa shape index (κ2) is 7.61. The first kappa shape index (κ1) is 17.3. The Morgan fingerprint density at radius 1 is 0.962 bits per heavy atom. The Kier molecular flexibility index (Phi) is 5.06. The summed E-state index contributed by atoms with van der Waals surface area (Å²) in [5.74, 6) is 2.83. The zero-order chi connectivity index (χ0) is 17.9. The van der Waals surface area contributed by atoms with Gasteiger partial charge in [0.1, 0.15) is 0 Å². The van der Waals surface area contributed by atoms with Crippen LogP contribution in [0.25, 0.3) is 0 Å². The molecule has 0 aromatic carbocycles. The number of nitrogens with zero attached hydrogens (tertiary/aromatic N) is 5. The molecule has 0 spiro atoms. The van der Waals surface area contributed by atoms with Crippen molar-refractivity contribution in [2.45, 2.75) is 19.8 Å². The number of carbonyl (C=O) groups is 1. The van der Waals surface area contributed by atoms with Gasteiger partial charge in [0.15, 0.2) is 11.6 Å². The van der Waals surface area contributed by atoms with Crippen molar-refractivity contribution in [3.05, 3.63) is 34.5 Å². The van der Waals surface area contributed by atoms with E-state index in [4.69, 9.17) is 0 Å². The lowest BCUT2D eigenvalue weighted by Crippen LogP contribution is -2.49. The number of piperazine rings is 1. The van der Waals surface area contributed by atoms with Gasteiger partial charge in [0.25, 0.3) is 5.91 Å². The summed E-state index contributed by atoms with van der Waals surface area (Å²) in [6.45, 7) is 7.49. The second-order valence-corrected chi connectivity index (χ2v) is 7.99. The molecule has 0 unspecified atom stereocenters. The zero-order valence-electron chi connectivity index (χ0n) is 15.2. The molecule has 4 heterocycles. The minimum Gasteiger partial charge on any atom is -0.355 e. The molecule has 2 aromatic heterocycles. The highest BCUT2D eigenvalue weighted by Crippen LogP contribution is 2.22. The SMILES string of the molecule is CC1CCN(c2ccc(N3CCN(C(=O)c4ccsc4)CC3)nn2)CC1. The van der Waals surface area contributed by atoms with E-state index in [9.17, 15) is 4.79 Å². The highest BCUT2D eigenvalue weighted by molar-refractivity contribution is 7.08. The molecule has 1 amide bonds. The number of thiophene rings is 1. The van der Waals surface area contributed by atoms with Crippen LogP contribution >= 0.6 is 11.3 Å². The fourth-order valence-electron chi connectivity index (χ4n) is 3.60. The van der Waals surface area contributed by atoms with Gasteiger partial charge in [-0.2, -0.15) is 11.3 Å². The molecular formula is C19H25N5OS. The first-order valence-corrected chi connectivity index (χ1v) is 10.3. The molecule has 6 nitrogen and oxygen atoms in total. The van der Waals surface area contributed by atoms with Crippen LogP contribution in [0.3, 0.4) is 0 Å². The summed E-state index contributed by atoms with van der Waals surface area (Å²) in [6, 6.07) is 6.04. The van der Waals surface area contributed by atoms with Gasteiger partial charge >= 0.3 is 0 Å². The maximum Gasteiger partial charge on any atom is 0.254 e. The van der Waals surface area contributed by atoms with Gasteiger partial charge in [-0.25, -0.2) is 0 Å². The summed E-state index contributed by atoms with van der Waals surface area (Å²) in [7, 11) is 0. The van der Waals surface area contributed by atoms with Crippen LogP contribution in [0.1, 0.15) is 30.1 Å². The van der Waals surface area contributed by atoms with Crippen molar-refractivity contribution in [2.75, 3.05) is 49.1 Å². The number of hydrogen-bond acceptors (Lipinski definition) is 6. The number of hydrogen-bond donors (Lipinski definition) is 0.